The molecule has 0 saturated heterocycles. The summed E-state index contributed by atoms with van der Waals surface area (Å²) >= 11 is 0. The van der Waals surface area contributed by atoms with Crippen LogP contribution in [-0.4, -0.2) is 19.1 Å². The maximum atomic E-state index is 13.2. The van der Waals surface area contributed by atoms with Gasteiger partial charge in [0.1, 0.15) is 11.6 Å². The van der Waals surface area contributed by atoms with Crippen molar-refractivity contribution >= 4 is 5.91 Å². The van der Waals surface area contributed by atoms with Crippen LogP contribution in [0.5, 0.6) is 5.75 Å². The van der Waals surface area contributed by atoms with Gasteiger partial charge in [0, 0.05) is 12.6 Å². The maximum absolute atomic E-state index is 13.2. The van der Waals surface area contributed by atoms with Gasteiger partial charge in [-0.2, -0.15) is 0 Å². The Balaban J connectivity index is 2.39. The molecule has 0 bridgehead atoms. The largest absolute Gasteiger partial charge is 0.484 e. The summed E-state index contributed by atoms with van der Waals surface area (Å²) < 4.78 is 18.4. The van der Waals surface area contributed by atoms with Gasteiger partial charge in [-0.1, -0.05) is 19.9 Å². The first kappa shape index (κ1) is 13.5. The van der Waals surface area contributed by atoms with Crippen LogP contribution in [0.3, 0.4) is 0 Å². The highest BCUT2D eigenvalue weighted by Gasteiger charge is 2.05. The fraction of sp³-hybridized carbons (Fsp3) is 0.462. The van der Waals surface area contributed by atoms with E-state index in [4.69, 9.17) is 4.74 Å². The van der Waals surface area contributed by atoms with Crippen molar-refractivity contribution < 1.29 is 13.9 Å². The minimum absolute atomic E-state index is 0.0881. The molecule has 0 aliphatic rings. The monoisotopic (exact) mass is 239 g/mol. The zero-order valence-corrected chi connectivity index (χ0v) is 10.4. The Bertz CT molecular complexity index is 391. The Morgan fingerprint density at radius 1 is 1.47 bits per heavy atom. The summed E-state index contributed by atoms with van der Waals surface area (Å²) in [6.07, 6.45) is 0. The van der Waals surface area contributed by atoms with E-state index in [2.05, 4.69) is 5.32 Å². The van der Waals surface area contributed by atoms with Crippen molar-refractivity contribution in [1.82, 2.24) is 5.32 Å². The summed E-state index contributed by atoms with van der Waals surface area (Å²) in [5, 5.41) is 2.72. The van der Waals surface area contributed by atoms with Crippen LogP contribution in [0.4, 0.5) is 4.39 Å². The Kier molecular flexibility index (Phi) is 4.94. The number of carbonyl (C=O) groups is 1. The predicted octanol–water partition coefficient (Wildman–Crippen LogP) is 2.29. The van der Waals surface area contributed by atoms with Crippen molar-refractivity contribution in [2.75, 3.05) is 13.2 Å². The number of rotatable bonds is 5. The van der Waals surface area contributed by atoms with Gasteiger partial charge in [0.25, 0.3) is 5.91 Å². The molecule has 17 heavy (non-hydrogen) atoms. The van der Waals surface area contributed by atoms with Crippen LogP contribution in [-0.2, 0) is 4.79 Å². The third kappa shape index (κ3) is 4.85. The molecule has 0 saturated carbocycles. The molecule has 3 nitrogen and oxygen atoms in total. The van der Waals surface area contributed by atoms with Crippen molar-refractivity contribution in [3.8, 4) is 5.75 Å². The predicted molar refractivity (Wildman–Crippen MR) is 64.5 cm³/mol. The van der Waals surface area contributed by atoms with Gasteiger partial charge < -0.3 is 10.1 Å². The van der Waals surface area contributed by atoms with Gasteiger partial charge in [-0.3, -0.25) is 4.79 Å². The lowest BCUT2D eigenvalue weighted by Crippen LogP contribution is -2.31. The maximum Gasteiger partial charge on any atom is 0.257 e. The van der Waals surface area contributed by atoms with Gasteiger partial charge in [0.2, 0.25) is 0 Å². The van der Waals surface area contributed by atoms with Crippen molar-refractivity contribution in [3.63, 3.8) is 0 Å². The van der Waals surface area contributed by atoms with E-state index in [1.807, 2.05) is 13.8 Å². The molecule has 1 amide bonds. The van der Waals surface area contributed by atoms with E-state index in [0.717, 1.165) is 0 Å². The number of aryl methyl sites for hydroxylation is 1. The molecule has 1 N–H and O–H groups in total. The number of hydrogen-bond donors (Lipinski definition) is 1. The lowest BCUT2D eigenvalue weighted by molar-refractivity contribution is -0.123. The number of halogens is 1. The molecule has 0 radical (unpaired) electrons. The molecule has 1 rings (SSSR count). The smallest absolute Gasteiger partial charge is 0.257 e. The summed E-state index contributed by atoms with van der Waals surface area (Å²) in [6.45, 7) is 6.22. The summed E-state index contributed by atoms with van der Waals surface area (Å²) in [5.41, 5.74) is 0.557. The lowest BCUT2D eigenvalue weighted by Gasteiger charge is -2.09. The highest BCUT2D eigenvalue weighted by molar-refractivity contribution is 5.77. The molecule has 0 aliphatic carbocycles. The van der Waals surface area contributed by atoms with E-state index in [1.165, 1.54) is 6.07 Å². The van der Waals surface area contributed by atoms with Crippen LogP contribution in [0.25, 0.3) is 0 Å². The quantitative estimate of drug-likeness (QED) is 0.856. The lowest BCUT2D eigenvalue weighted by atomic mass is 10.2. The number of ether oxygens (including phenoxy) is 1. The minimum Gasteiger partial charge on any atom is -0.484 e. The molecule has 0 heterocycles. The minimum atomic E-state index is -0.329. The molecule has 0 aliphatic heterocycles. The molecule has 1 aromatic rings. The Hall–Kier alpha value is -1.58. The van der Waals surface area contributed by atoms with Crippen molar-refractivity contribution in [2.45, 2.75) is 20.8 Å². The van der Waals surface area contributed by atoms with Gasteiger partial charge in [-0.05, 0) is 24.5 Å². The van der Waals surface area contributed by atoms with Crippen molar-refractivity contribution in [2.24, 2.45) is 5.92 Å². The van der Waals surface area contributed by atoms with Gasteiger partial charge >= 0.3 is 0 Å². The number of nitrogens with one attached hydrogen (secondary N) is 1. The molecule has 0 spiro atoms. The molecular formula is C13H18FNO2. The first-order valence-electron chi connectivity index (χ1n) is 5.64. The third-order valence-corrected chi connectivity index (χ3v) is 2.22. The topological polar surface area (TPSA) is 38.3 Å². The van der Waals surface area contributed by atoms with Gasteiger partial charge in [-0.15, -0.1) is 0 Å². The highest BCUT2D eigenvalue weighted by atomic mass is 19.1. The van der Waals surface area contributed by atoms with Crippen molar-refractivity contribution in [3.05, 3.63) is 29.6 Å². The Morgan fingerprint density at radius 3 is 2.76 bits per heavy atom. The van der Waals surface area contributed by atoms with Crippen LogP contribution in [0.1, 0.15) is 19.4 Å². The zero-order valence-electron chi connectivity index (χ0n) is 10.4. The van der Waals surface area contributed by atoms with Gasteiger partial charge in [0.15, 0.2) is 6.61 Å². The summed E-state index contributed by atoms with van der Waals surface area (Å²) in [7, 11) is 0. The first-order chi connectivity index (χ1) is 7.99. The first-order valence-corrected chi connectivity index (χ1v) is 5.64. The highest BCUT2D eigenvalue weighted by Crippen LogP contribution is 2.15. The second-order valence-corrected chi connectivity index (χ2v) is 4.40. The zero-order chi connectivity index (χ0) is 12.8. The summed E-state index contributed by atoms with van der Waals surface area (Å²) in [5.74, 6) is 0.244. The van der Waals surface area contributed by atoms with E-state index >= 15 is 0 Å². The average Bonchev–Trinajstić information content (AvgIpc) is 2.28. The van der Waals surface area contributed by atoms with E-state index in [1.54, 1.807) is 19.1 Å². The molecule has 1 aromatic carbocycles. The van der Waals surface area contributed by atoms with Gasteiger partial charge in [-0.25, -0.2) is 4.39 Å². The summed E-state index contributed by atoms with van der Waals surface area (Å²) in [4.78, 5) is 11.3. The van der Waals surface area contributed by atoms with E-state index in [9.17, 15) is 9.18 Å². The third-order valence-electron chi connectivity index (χ3n) is 2.22. The Labute approximate surface area is 101 Å². The number of amides is 1. The van der Waals surface area contributed by atoms with Crippen LogP contribution in [0, 0.1) is 18.7 Å². The van der Waals surface area contributed by atoms with Crippen LogP contribution in [0.2, 0.25) is 0 Å². The number of benzene rings is 1. The average molecular weight is 239 g/mol. The molecule has 0 fully saturated rings. The number of hydrogen-bond acceptors (Lipinski definition) is 2. The molecule has 0 aromatic heterocycles. The second-order valence-electron chi connectivity index (χ2n) is 4.40. The number of carbonyl (C=O) groups excluding carboxylic acids is 1. The van der Waals surface area contributed by atoms with E-state index in [0.29, 0.717) is 23.8 Å². The second kappa shape index (κ2) is 6.23. The molecule has 0 atom stereocenters. The molecule has 4 heteroatoms. The molecule has 0 unspecified atom stereocenters. The normalized spacial score (nSPS) is 10.4. The molecule has 94 valence electrons. The summed E-state index contributed by atoms with van der Waals surface area (Å²) in [6, 6.07) is 4.55. The molecular weight excluding hydrogens is 221 g/mol. The van der Waals surface area contributed by atoms with E-state index < -0.39 is 0 Å². The van der Waals surface area contributed by atoms with E-state index in [-0.39, 0.29) is 18.3 Å². The van der Waals surface area contributed by atoms with Crippen LogP contribution >= 0.6 is 0 Å². The van der Waals surface area contributed by atoms with Crippen LogP contribution < -0.4 is 10.1 Å². The standard InChI is InChI=1S/C13H18FNO2/c1-9(2)7-15-13(16)8-17-11-5-4-10(3)12(14)6-11/h4-6,9H,7-8H2,1-3H3,(H,15,16). The fourth-order valence-electron chi connectivity index (χ4n) is 1.18. The van der Waals surface area contributed by atoms with Gasteiger partial charge in [0.05, 0.1) is 0 Å². The van der Waals surface area contributed by atoms with Crippen molar-refractivity contribution in [1.29, 1.82) is 0 Å². The fourth-order valence-corrected chi connectivity index (χ4v) is 1.18. The van der Waals surface area contributed by atoms with Crippen LogP contribution in [0.15, 0.2) is 18.2 Å². The SMILES string of the molecule is Cc1ccc(OCC(=O)NCC(C)C)cc1F. The Morgan fingerprint density at radius 2 is 2.18 bits per heavy atom.